The number of hydrogen-bond donors (Lipinski definition) is 1. The highest BCUT2D eigenvalue weighted by molar-refractivity contribution is 4.83. The van der Waals surface area contributed by atoms with Crippen molar-refractivity contribution in [2.75, 3.05) is 26.2 Å². The van der Waals surface area contributed by atoms with Gasteiger partial charge in [-0.2, -0.15) is 0 Å². The number of nitrogens with zero attached hydrogens (tertiary/aromatic N) is 1. The third-order valence-corrected chi connectivity index (χ3v) is 3.90. The Labute approximate surface area is 94.4 Å². The lowest BCUT2D eigenvalue weighted by Crippen LogP contribution is -2.34. The van der Waals surface area contributed by atoms with E-state index in [1.807, 2.05) is 0 Å². The summed E-state index contributed by atoms with van der Waals surface area (Å²) in [6.45, 7) is 7.56. The summed E-state index contributed by atoms with van der Waals surface area (Å²) >= 11 is 0. The summed E-state index contributed by atoms with van der Waals surface area (Å²) in [6.07, 6.45) is 8.54. The van der Waals surface area contributed by atoms with E-state index < -0.39 is 0 Å². The van der Waals surface area contributed by atoms with Crippen LogP contribution in [-0.2, 0) is 0 Å². The quantitative estimate of drug-likeness (QED) is 0.676. The Morgan fingerprint density at radius 2 is 1.93 bits per heavy atom. The molecule has 15 heavy (non-hydrogen) atoms. The summed E-state index contributed by atoms with van der Waals surface area (Å²) < 4.78 is 0. The molecule has 1 N–H and O–H groups in total. The number of piperidine rings is 1. The largest absolute Gasteiger partial charge is 0.314 e. The molecule has 1 saturated heterocycles. The standard InChI is InChI=1S/C13H26N2/c1-12(13-6-7-13)14-8-5-11-15-9-3-2-4-10-15/h12-14H,2-11H2,1H3. The molecule has 2 heteroatoms. The van der Waals surface area contributed by atoms with Gasteiger partial charge in [-0.1, -0.05) is 6.42 Å². The van der Waals surface area contributed by atoms with Crippen LogP contribution in [-0.4, -0.2) is 37.1 Å². The fourth-order valence-electron chi connectivity index (χ4n) is 2.58. The molecule has 1 aliphatic heterocycles. The molecule has 2 nitrogen and oxygen atoms in total. The fraction of sp³-hybridized carbons (Fsp3) is 1.00. The Hall–Kier alpha value is -0.0800. The third-order valence-electron chi connectivity index (χ3n) is 3.90. The maximum atomic E-state index is 3.66. The zero-order valence-corrected chi connectivity index (χ0v) is 10.2. The van der Waals surface area contributed by atoms with Gasteiger partial charge in [0.2, 0.25) is 0 Å². The van der Waals surface area contributed by atoms with Crippen molar-refractivity contribution >= 4 is 0 Å². The average molecular weight is 210 g/mol. The highest BCUT2D eigenvalue weighted by Gasteiger charge is 2.27. The predicted octanol–water partition coefficient (Wildman–Crippen LogP) is 2.25. The van der Waals surface area contributed by atoms with Crippen molar-refractivity contribution in [1.82, 2.24) is 10.2 Å². The van der Waals surface area contributed by atoms with Crippen LogP contribution in [0.1, 0.15) is 45.4 Å². The van der Waals surface area contributed by atoms with Crippen LogP contribution in [0.5, 0.6) is 0 Å². The molecule has 1 saturated carbocycles. The minimum absolute atomic E-state index is 0.770. The maximum absolute atomic E-state index is 3.66. The lowest BCUT2D eigenvalue weighted by molar-refractivity contribution is 0.224. The van der Waals surface area contributed by atoms with Gasteiger partial charge in [-0.3, -0.25) is 0 Å². The minimum Gasteiger partial charge on any atom is -0.314 e. The van der Waals surface area contributed by atoms with Gasteiger partial charge < -0.3 is 10.2 Å². The molecule has 0 aromatic heterocycles. The molecule has 1 unspecified atom stereocenters. The Kier molecular flexibility index (Phi) is 4.45. The zero-order chi connectivity index (χ0) is 10.5. The summed E-state index contributed by atoms with van der Waals surface area (Å²) in [5.41, 5.74) is 0. The van der Waals surface area contributed by atoms with E-state index in [4.69, 9.17) is 0 Å². The summed E-state index contributed by atoms with van der Waals surface area (Å²) in [6, 6.07) is 0.770. The van der Waals surface area contributed by atoms with Crippen LogP contribution in [0.4, 0.5) is 0 Å². The summed E-state index contributed by atoms with van der Waals surface area (Å²) in [5.74, 6) is 1.000. The molecule has 88 valence electrons. The van der Waals surface area contributed by atoms with Gasteiger partial charge in [-0.15, -0.1) is 0 Å². The van der Waals surface area contributed by atoms with Crippen molar-refractivity contribution in [1.29, 1.82) is 0 Å². The molecule has 1 heterocycles. The zero-order valence-electron chi connectivity index (χ0n) is 10.2. The summed E-state index contributed by atoms with van der Waals surface area (Å²) in [7, 11) is 0. The van der Waals surface area contributed by atoms with Crippen LogP contribution in [0, 0.1) is 5.92 Å². The molecule has 0 bridgehead atoms. The van der Waals surface area contributed by atoms with Gasteiger partial charge in [0.15, 0.2) is 0 Å². The second-order valence-corrected chi connectivity index (χ2v) is 5.34. The van der Waals surface area contributed by atoms with Crippen LogP contribution in [0.3, 0.4) is 0 Å². The van der Waals surface area contributed by atoms with Crippen molar-refractivity contribution in [3.8, 4) is 0 Å². The van der Waals surface area contributed by atoms with Gasteiger partial charge >= 0.3 is 0 Å². The lowest BCUT2D eigenvalue weighted by atomic mass is 10.1. The van der Waals surface area contributed by atoms with E-state index in [1.54, 1.807) is 0 Å². The van der Waals surface area contributed by atoms with Crippen LogP contribution < -0.4 is 5.32 Å². The lowest BCUT2D eigenvalue weighted by Gasteiger charge is -2.26. The van der Waals surface area contributed by atoms with Gasteiger partial charge in [-0.25, -0.2) is 0 Å². The highest BCUT2D eigenvalue weighted by atomic mass is 15.1. The summed E-state index contributed by atoms with van der Waals surface area (Å²) in [5, 5.41) is 3.66. The van der Waals surface area contributed by atoms with Crippen LogP contribution in [0.25, 0.3) is 0 Å². The third kappa shape index (κ3) is 4.12. The van der Waals surface area contributed by atoms with Crippen molar-refractivity contribution in [2.24, 2.45) is 5.92 Å². The van der Waals surface area contributed by atoms with Crippen LogP contribution in [0.2, 0.25) is 0 Å². The second-order valence-electron chi connectivity index (χ2n) is 5.34. The van der Waals surface area contributed by atoms with Crippen LogP contribution in [0.15, 0.2) is 0 Å². The minimum atomic E-state index is 0.770. The number of hydrogen-bond acceptors (Lipinski definition) is 2. The molecule has 2 rings (SSSR count). The molecule has 0 spiro atoms. The van der Waals surface area contributed by atoms with Crippen molar-refractivity contribution in [3.05, 3.63) is 0 Å². The number of likely N-dealkylation sites (tertiary alicyclic amines) is 1. The molecule has 1 aliphatic carbocycles. The van der Waals surface area contributed by atoms with E-state index in [-0.39, 0.29) is 0 Å². The van der Waals surface area contributed by atoms with Crippen molar-refractivity contribution in [2.45, 2.75) is 51.5 Å². The Morgan fingerprint density at radius 1 is 1.20 bits per heavy atom. The number of nitrogens with one attached hydrogen (secondary N) is 1. The Bertz CT molecular complexity index is 171. The van der Waals surface area contributed by atoms with E-state index in [2.05, 4.69) is 17.1 Å². The van der Waals surface area contributed by atoms with E-state index in [1.165, 1.54) is 64.7 Å². The van der Waals surface area contributed by atoms with Gasteiger partial charge in [-0.05, 0) is 71.1 Å². The monoisotopic (exact) mass is 210 g/mol. The van der Waals surface area contributed by atoms with E-state index in [0.717, 1.165) is 12.0 Å². The number of rotatable bonds is 6. The highest BCUT2D eigenvalue weighted by Crippen LogP contribution is 2.32. The molecular weight excluding hydrogens is 184 g/mol. The van der Waals surface area contributed by atoms with Crippen molar-refractivity contribution < 1.29 is 0 Å². The van der Waals surface area contributed by atoms with Gasteiger partial charge in [0.1, 0.15) is 0 Å². The van der Waals surface area contributed by atoms with E-state index in [9.17, 15) is 0 Å². The molecule has 1 atom stereocenters. The van der Waals surface area contributed by atoms with Gasteiger partial charge in [0, 0.05) is 6.04 Å². The fourth-order valence-corrected chi connectivity index (χ4v) is 2.58. The smallest absolute Gasteiger partial charge is 0.00670 e. The second kappa shape index (κ2) is 5.86. The molecule has 0 radical (unpaired) electrons. The molecule has 0 amide bonds. The maximum Gasteiger partial charge on any atom is 0.00670 e. The normalized spacial score (nSPS) is 25.4. The molecule has 2 aliphatic rings. The Morgan fingerprint density at radius 3 is 2.60 bits per heavy atom. The van der Waals surface area contributed by atoms with E-state index >= 15 is 0 Å². The van der Waals surface area contributed by atoms with Gasteiger partial charge in [0.25, 0.3) is 0 Å². The molecular formula is C13H26N2. The summed E-state index contributed by atoms with van der Waals surface area (Å²) in [4.78, 5) is 2.63. The molecule has 0 aromatic rings. The van der Waals surface area contributed by atoms with Crippen molar-refractivity contribution in [3.63, 3.8) is 0 Å². The van der Waals surface area contributed by atoms with Gasteiger partial charge in [0.05, 0.1) is 0 Å². The SMILES string of the molecule is CC(NCCCN1CCCCC1)C1CC1. The first-order chi connectivity index (χ1) is 7.36. The first-order valence-corrected chi connectivity index (χ1v) is 6.82. The first kappa shape index (κ1) is 11.4. The predicted molar refractivity (Wildman–Crippen MR) is 65.1 cm³/mol. The van der Waals surface area contributed by atoms with Crippen LogP contribution >= 0.6 is 0 Å². The Balaban J connectivity index is 1.46. The average Bonchev–Trinajstić information content (AvgIpc) is 3.09. The topological polar surface area (TPSA) is 15.3 Å². The first-order valence-electron chi connectivity index (χ1n) is 6.82. The molecule has 0 aromatic carbocycles. The van der Waals surface area contributed by atoms with E-state index in [0.29, 0.717) is 0 Å². The molecule has 2 fully saturated rings.